The van der Waals surface area contributed by atoms with Crippen LogP contribution in [0.2, 0.25) is 0 Å². The second kappa shape index (κ2) is 6.86. The van der Waals surface area contributed by atoms with Crippen LogP contribution in [0.15, 0.2) is 27.6 Å². The van der Waals surface area contributed by atoms with Crippen LogP contribution in [0.25, 0.3) is 0 Å². The van der Waals surface area contributed by atoms with Crippen molar-refractivity contribution in [1.29, 1.82) is 0 Å². The normalized spacial score (nSPS) is 18.8. The van der Waals surface area contributed by atoms with Crippen LogP contribution in [-0.2, 0) is 25.9 Å². The fraction of sp³-hybridized carbons (Fsp3) is 0.588. The molecule has 2 aromatic rings. The maximum Gasteiger partial charge on any atom is 0.267 e. The van der Waals surface area contributed by atoms with E-state index in [2.05, 4.69) is 20.1 Å². The number of piperazine rings is 1. The third kappa shape index (κ3) is 3.42. The largest absolute Gasteiger partial charge is 0.360 e. The van der Waals surface area contributed by atoms with Gasteiger partial charge in [0.25, 0.3) is 5.56 Å². The van der Waals surface area contributed by atoms with Crippen molar-refractivity contribution < 1.29 is 4.52 Å². The van der Waals surface area contributed by atoms with Gasteiger partial charge in [-0.15, -0.1) is 0 Å². The van der Waals surface area contributed by atoms with Crippen LogP contribution >= 0.6 is 0 Å². The predicted molar refractivity (Wildman–Crippen MR) is 88.7 cm³/mol. The lowest BCUT2D eigenvalue weighted by atomic mass is 10.2. The van der Waals surface area contributed by atoms with Gasteiger partial charge in [0.1, 0.15) is 0 Å². The Morgan fingerprint density at radius 2 is 1.92 bits per heavy atom. The standard InChI is InChI=1S/C17H23N5O2/c23-17-12-14-2-1-3-16(14)19-22(17)11-10-20-6-8-21(9-7-20)13-15-4-5-18-24-15/h4-5,12H,1-3,6-11,13H2. The van der Waals surface area contributed by atoms with Crippen molar-refractivity contribution in [2.75, 3.05) is 32.7 Å². The second-order valence-electron chi connectivity index (χ2n) is 6.63. The van der Waals surface area contributed by atoms with Gasteiger partial charge in [-0.25, -0.2) is 4.68 Å². The van der Waals surface area contributed by atoms with Crippen molar-refractivity contribution in [3.8, 4) is 0 Å². The van der Waals surface area contributed by atoms with Gasteiger partial charge in [-0.2, -0.15) is 5.10 Å². The summed E-state index contributed by atoms with van der Waals surface area (Å²) >= 11 is 0. The molecular weight excluding hydrogens is 306 g/mol. The highest BCUT2D eigenvalue weighted by Crippen LogP contribution is 2.17. The van der Waals surface area contributed by atoms with Crippen LogP contribution in [0.4, 0.5) is 0 Å². The Hall–Kier alpha value is -1.99. The number of hydrogen-bond acceptors (Lipinski definition) is 6. The van der Waals surface area contributed by atoms with E-state index in [0.717, 1.165) is 75.5 Å². The van der Waals surface area contributed by atoms with Gasteiger partial charge < -0.3 is 4.52 Å². The van der Waals surface area contributed by atoms with Crippen LogP contribution in [0.1, 0.15) is 23.4 Å². The van der Waals surface area contributed by atoms with Crippen LogP contribution in [0.3, 0.4) is 0 Å². The fourth-order valence-electron chi connectivity index (χ4n) is 3.55. The van der Waals surface area contributed by atoms with E-state index in [4.69, 9.17) is 4.52 Å². The molecule has 0 atom stereocenters. The Bertz CT molecular complexity index is 732. The molecule has 0 radical (unpaired) electrons. The van der Waals surface area contributed by atoms with Crippen molar-refractivity contribution in [1.82, 2.24) is 24.7 Å². The van der Waals surface area contributed by atoms with Crippen LogP contribution in [-0.4, -0.2) is 57.5 Å². The summed E-state index contributed by atoms with van der Waals surface area (Å²) in [4.78, 5) is 16.9. The van der Waals surface area contributed by atoms with Gasteiger partial charge >= 0.3 is 0 Å². The number of aromatic nitrogens is 3. The molecule has 2 aromatic heterocycles. The number of aryl methyl sites for hydroxylation is 2. The molecule has 1 fully saturated rings. The molecule has 0 aromatic carbocycles. The molecule has 24 heavy (non-hydrogen) atoms. The summed E-state index contributed by atoms with van der Waals surface area (Å²) in [5, 5.41) is 8.30. The van der Waals surface area contributed by atoms with Crippen molar-refractivity contribution in [2.24, 2.45) is 0 Å². The molecular formula is C17H23N5O2. The van der Waals surface area contributed by atoms with E-state index in [9.17, 15) is 4.79 Å². The van der Waals surface area contributed by atoms with Gasteiger partial charge in [0.05, 0.1) is 25.0 Å². The fourth-order valence-corrected chi connectivity index (χ4v) is 3.55. The van der Waals surface area contributed by atoms with Crippen molar-refractivity contribution in [3.63, 3.8) is 0 Å². The molecule has 0 unspecified atom stereocenters. The first-order valence-electron chi connectivity index (χ1n) is 8.72. The van der Waals surface area contributed by atoms with E-state index in [1.807, 2.05) is 6.07 Å². The molecule has 0 spiro atoms. The van der Waals surface area contributed by atoms with Crippen LogP contribution in [0.5, 0.6) is 0 Å². The minimum atomic E-state index is 0.0413. The molecule has 1 saturated heterocycles. The Kier molecular flexibility index (Phi) is 4.44. The Morgan fingerprint density at radius 3 is 2.71 bits per heavy atom. The number of hydrogen-bond donors (Lipinski definition) is 0. The van der Waals surface area contributed by atoms with Gasteiger partial charge in [-0.05, 0) is 24.8 Å². The summed E-state index contributed by atoms with van der Waals surface area (Å²) in [7, 11) is 0. The maximum absolute atomic E-state index is 12.1. The van der Waals surface area contributed by atoms with E-state index in [0.29, 0.717) is 6.54 Å². The highest BCUT2D eigenvalue weighted by molar-refractivity contribution is 5.22. The molecule has 1 aliphatic heterocycles. The van der Waals surface area contributed by atoms with E-state index in [-0.39, 0.29) is 5.56 Å². The van der Waals surface area contributed by atoms with Crippen LogP contribution in [0, 0.1) is 0 Å². The number of nitrogens with zero attached hydrogens (tertiary/aromatic N) is 5. The minimum absolute atomic E-state index is 0.0413. The summed E-state index contributed by atoms with van der Waals surface area (Å²) in [6.45, 7) is 6.40. The molecule has 1 aliphatic carbocycles. The molecule has 0 amide bonds. The lowest BCUT2D eigenvalue weighted by Gasteiger charge is -2.34. The molecule has 0 saturated carbocycles. The number of rotatable bonds is 5. The SMILES string of the molecule is O=c1cc2c(nn1CCN1CCN(Cc3ccno3)CC1)CCC2. The lowest BCUT2D eigenvalue weighted by molar-refractivity contribution is 0.114. The smallest absolute Gasteiger partial charge is 0.267 e. The third-order valence-corrected chi connectivity index (χ3v) is 4.99. The zero-order valence-corrected chi connectivity index (χ0v) is 13.9. The van der Waals surface area contributed by atoms with E-state index < -0.39 is 0 Å². The first-order chi connectivity index (χ1) is 11.8. The van der Waals surface area contributed by atoms with E-state index in [1.54, 1.807) is 16.9 Å². The lowest BCUT2D eigenvalue weighted by Crippen LogP contribution is -2.47. The molecule has 7 heteroatoms. The molecule has 2 aliphatic rings. The van der Waals surface area contributed by atoms with Crippen LogP contribution < -0.4 is 5.56 Å². The monoisotopic (exact) mass is 329 g/mol. The summed E-state index contributed by atoms with van der Waals surface area (Å²) in [5.74, 6) is 0.914. The molecule has 3 heterocycles. The average Bonchev–Trinajstić information content (AvgIpc) is 3.25. The first kappa shape index (κ1) is 15.5. The molecule has 0 bridgehead atoms. The third-order valence-electron chi connectivity index (χ3n) is 4.99. The van der Waals surface area contributed by atoms with Crippen molar-refractivity contribution in [2.45, 2.75) is 32.4 Å². The highest BCUT2D eigenvalue weighted by Gasteiger charge is 2.19. The Balaban J connectivity index is 1.28. The van der Waals surface area contributed by atoms with Crippen molar-refractivity contribution >= 4 is 0 Å². The average molecular weight is 329 g/mol. The van der Waals surface area contributed by atoms with Gasteiger partial charge in [0.2, 0.25) is 0 Å². The predicted octanol–water partition coefficient (Wildman–Crippen LogP) is 0.538. The zero-order valence-electron chi connectivity index (χ0n) is 13.9. The van der Waals surface area contributed by atoms with Gasteiger partial charge in [0.15, 0.2) is 5.76 Å². The van der Waals surface area contributed by atoms with Gasteiger partial charge in [0, 0.05) is 44.9 Å². The van der Waals surface area contributed by atoms with Gasteiger partial charge in [-0.1, -0.05) is 5.16 Å². The van der Waals surface area contributed by atoms with Crippen molar-refractivity contribution in [3.05, 3.63) is 45.7 Å². The first-order valence-corrected chi connectivity index (χ1v) is 8.72. The molecule has 128 valence electrons. The Labute approximate surface area is 140 Å². The van der Waals surface area contributed by atoms with E-state index in [1.165, 1.54) is 0 Å². The summed E-state index contributed by atoms with van der Waals surface area (Å²) in [6, 6.07) is 3.70. The topological polar surface area (TPSA) is 67.4 Å². The summed E-state index contributed by atoms with van der Waals surface area (Å²) in [6.07, 6.45) is 4.83. The van der Waals surface area contributed by atoms with E-state index >= 15 is 0 Å². The highest BCUT2D eigenvalue weighted by atomic mass is 16.5. The maximum atomic E-state index is 12.1. The quantitative estimate of drug-likeness (QED) is 0.797. The molecule has 7 nitrogen and oxygen atoms in total. The molecule has 4 rings (SSSR count). The molecule has 0 N–H and O–H groups in total. The Morgan fingerprint density at radius 1 is 1.08 bits per heavy atom. The summed E-state index contributed by atoms with van der Waals surface area (Å²) in [5.41, 5.74) is 2.31. The zero-order chi connectivity index (χ0) is 16.4. The minimum Gasteiger partial charge on any atom is -0.360 e. The number of fused-ring (bicyclic) bond motifs is 1. The summed E-state index contributed by atoms with van der Waals surface area (Å²) < 4.78 is 6.81. The van der Waals surface area contributed by atoms with Gasteiger partial charge in [-0.3, -0.25) is 14.6 Å². The second-order valence-corrected chi connectivity index (χ2v) is 6.63.